The molecule has 0 radical (unpaired) electrons. The molecule has 0 saturated heterocycles. The lowest BCUT2D eigenvalue weighted by atomic mass is 10.3. The third-order valence-corrected chi connectivity index (χ3v) is 1.53. The molecule has 1 aromatic heterocycles. The van der Waals surface area contributed by atoms with Gasteiger partial charge >= 0.3 is 0 Å². The SMILES string of the molecule is CCOCC(C)Nc1cnccn1. The molecule has 0 bridgehead atoms. The van der Waals surface area contributed by atoms with Crippen molar-refractivity contribution < 1.29 is 4.74 Å². The van der Waals surface area contributed by atoms with Gasteiger partial charge in [-0.25, -0.2) is 4.98 Å². The van der Waals surface area contributed by atoms with Gasteiger partial charge in [0.05, 0.1) is 12.8 Å². The van der Waals surface area contributed by atoms with Crippen molar-refractivity contribution in [3.8, 4) is 0 Å². The highest BCUT2D eigenvalue weighted by Gasteiger charge is 2.01. The Balaban J connectivity index is 2.32. The third-order valence-electron chi connectivity index (χ3n) is 1.53. The molecule has 0 aliphatic carbocycles. The Kier molecular flexibility index (Phi) is 4.18. The fourth-order valence-corrected chi connectivity index (χ4v) is 0.962. The van der Waals surface area contributed by atoms with Crippen molar-refractivity contribution in [1.29, 1.82) is 0 Å². The lowest BCUT2D eigenvalue weighted by Gasteiger charge is -2.13. The van der Waals surface area contributed by atoms with Crippen LogP contribution >= 0.6 is 0 Å². The summed E-state index contributed by atoms with van der Waals surface area (Å²) >= 11 is 0. The van der Waals surface area contributed by atoms with E-state index >= 15 is 0 Å². The average Bonchev–Trinajstić information content (AvgIpc) is 2.16. The minimum Gasteiger partial charge on any atom is -0.380 e. The van der Waals surface area contributed by atoms with Crippen LogP contribution < -0.4 is 5.32 Å². The molecule has 1 heterocycles. The summed E-state index contributed by atoms with van der Waals surface area (Å²) in [6, 6.07) is 0.261. The van der Waals surface area contributed by atoms with Crippen LogP contribution in [0.25, 0.3) is 0 Å². The van der Waals surface area contributed by atoms with E-state index in [1.807, 2.05) is 13.8 Å². The van der Waals surface area contributed by atoms with Crippen LogP contribution in [0.15, 0.2) is 18.6 Å². The van der Waals surface area contributed by atoms with Crippen molar-refractivity contribution in [3.05, 3.63) is 18.6 Å². The second kappa shape index (κ2) is 5.48. The molecule has 13 heavy (non-hydrogen) atoms. The van der Waals surface area contributed by atoms with Crippen molar-refractivity contribution in [3.63, 3.8) is 0 Å². The molecule has 0 aliphatic heterocycles. The van der Waals surface area contributed by atoms with Gasteiger partial charge < -0.3 is 10.1 Å². The van der Waals surface area contributed by atoms with E-state index in [1.165, 1.54) is 0 Å². The van der Waals surface area contributed by atoms with Crippen LogP contribution in [-0.4, -0.2) is 29.2 Å². The number of rotatable bonds is 5. The number of ether oxygens (including phenoxy) is 1. The Morgan fingerprint density at radius 1 is 1.54 bits per heavy atom. The minimum atomic E-state index is 0.261. The molecule has 1 N–H and O–H groups in total. The van der Waals surface area contributed by atoms with Gasteiger partial charge in [-0.05, 0) is 13.8 Å². The van der Waals surface area contributed by atoms with E-state index in [0.29, 0.717) is 6.61 Å². The van der Waals surface area contributed by atoms with Crippen LogP contribution in [0, 0.1) is 0 Å². The van der Waals surface area contributed by atoms with Crippen LogP contribution in [0.1, 0.15) is 13.8 Å². The highest BCUT2D eigenvalue weighted by Crippen LogP contribution is 2.00. The third kappa shape index (κ3) is 3.85. The highest BCUT2D eigenvalue weighted by atomic mass is 16.5. The fourth-order valence-electron chi connectivity index (χ4n) is 0.962. The van der Waals surface area contributed by atoms with E-state index in [1.54, 1.807) is 18.6 Å². The first-order valence-corrected chi connectivity index (χ1v) is 4.43. The molecule has 1 aromatic rings. The molecule has 1 rings (SSSR count). The molecule has 72 valence electrons. The zero-order valence-electron chi connectivity index (χ0n) is 8.03. The Hall–Kier alpha value is -1.16. The summed E-state index contributed by atoms with van der Waals surface area (Å²) in [6.45, 7) is 5.46. The summed E-state index contributed by atoms with van der Waals surface area (Å²) in [5, 5.41) is 3.18. The van der Waals surface area contributed by atoms with Crippen molar-refractivity contribution in [2.45, 2.75) is 19.9 Å². The predicted octanol–water partition coefficient (Wildman–Crippen LogP) is 1.31. The number of nitrogens with zero attached hydrogens (tertiary/aromatic N) is 2. The van der Waals surface area contributed by atoms with Gasteiger partial charge in [0.1, 0.15) is 5.82 Å². The normalized spacial score (nSPS) is 12.5. The predicted molar refractivity (Wildman–Crippen MR) is 51.6 cm³/mol. The first-order valence-electron chi connectivity index (χ1n) is 4.43. The maximum Gasteiger partial charge on any atom is 0.144 e. The van der Waals surface area contributed by atoms with E-state index in [4.69, 9.17) is 4.74 Å². The zero-order valence-corrected chi connectivity index (χ0v) is 8.03. The molecule has 0 saturated carbocycles. The Bertz CT molecular complexity index is 228. The van der Waals surface area contributed by atoms with Crippen LogP contribution in [0.5, 0.6) is 0 Å². The van der Waals surface area contributed by atoms with Crippen LogP contribution in [-0.2, 0) is 4.74 Å². The minimum absolute atomic E-state index is 0.261. The Morgan fingerprint density at radius 2 is 2.38 bits per heavy atom. The van der Waals surface area contributed by atoms with Crippen molar-refractivity contribution in [1.82, 2.24) is 9.97 Å². The number of hydrogen-bond donors (Lipinski definition) is 1. The number of anilines is 1. The molecule has 4 nitrogen and oxygen atoms in total. The number of aromatic nitrogens is 2. The quantitative estimate of drug-likeness (QED) is 0.744. The van der Waals surface area contributed by atoms with Gasteiger partial charge in [0.15, 0.2) is 0 Å². The second-order valence-corrected chi connectivity index (χ2v) is 2.80. The second-order valence-electron chi connectivity index (χ2n) is 2.80. The standard InChI is InChI=1S/C9H15N3O/c1-3-13-7-8(2)12-9-6-10-4-5-11-9/h4-6,8H,3,7H2,1-2H3,(H,11,12). The maximum atomic E-state index is 5.26. The van der Waals surface area contributed by atoms with E-state index in [2.05, 4.69) is 15.3 Å². The van der Waals surface area contributed by atoms with E-state index < -0.39 is 0 Å². The molecule has 0 spiro atoms. The van der Waals surface area contributed by atoms with Crippen molar-refractivity contribution in [2.75, 3.05) is 18.5 Å². The molecular weight excluding hydrogens is 166 g/mol. The number of hydrogen-bond acceptors (Lipinski definition) is 4. The summed E-state index contributed by atoms with van der Waals surface area (Å²) < 4.78 is 5.26. The van der Waals surface area contributed by atoms with Gasteiger partial charge in [0.2, 0.25) is 0 Å². The Labute approximate surface area is 78.4 Å². The molecule has 4 heteroatoms. The van der Waals surface area contributed by atoms with Gasteiger partial charge in [0.25, 0.3) is 0 Å². The molecule has 1 unspecified atom stereocenters. The summed E-state index contributed by atoms with van der Waals surface area (Å²) in [5.74, 6) is 0.787. The Morgan fingerprint density at radius 3 is 3.00 bits per heavy atom. The van der Waals surface area contributed by atoms with E-state index in [-0.39, 0.29) is 6.04 Å². The van der Waals surface area contributed by atoms with Crippen molar-refractivity contribution >= 4 is 5.82 Å². The highest BCUT2D eigenvalue weighted by molar-refractivity contribution is 5.30. The van der Waals surface area contributed by atoms with Crippen LogP contribution in [0.2, 0.25) is 0 Å². The summed E-state index contributed by atoms with van der Waals surface area (Å²) in [5.41, 5.74) is 0. The van der Waals surface area contributed by atoms with Crippen LogP contribution in [0.3, 0.4) is 0 Å². The average molecular weight is 181 g/mol. The van der Waals surface area contributed by atoms with Gasteiger partial charge in [-0.15, -0.1) is 0 Å². The van der Waals surface area contributed by atoms with Gasteiger partial charge in [-0.1, -0.05) is 0 Å². The lowest BCUT2D eigenvalue weighted by molar-refractivity contribution is 0.141. The fraction of sp³-hybridized carbons (Fsp3) is 0.556. The molecule has 0 aliphatic rings. The molecule has 0 aromatic carbocycles. The monoisotopic (exact) mass is 181 g/mol. The van der Waals surface area contributed by atoms with E-state index in [0.717, 1.165) is 12.4 Å². The lowest BCUT2D eigenvalue weighted by Crippen LogP contribution is -2.22. The molecule has 1 atom stereocenters. The summed E-state index contributed by atoms with van der Waals surface area (Å²) in [6.07, 6.45) is 5.01. The first kappa shape index (κ1) is 9.92. The van der Waals surface area contributed by atoms with Gasteiger partial charge in [-0.3, -0.25) is 4.98 Å². The molecular formula is C9H15N3O. The zero-order chi connectivity index (χ0) is 9.52. The smallest absolute Gasteiger partial charge is 0.144 e. The van der Waals surface area contributed by atoms with Crippen LogP contribution in [0.4, 0.5) is 5.82 Å². The van der Waals surface area contributed by atoms with Gasteiger partial charge in [0, 0.05) is 25.0 Å². The summed E-state index contributed by atoms with van der Waals surface area (Å²) in [4.78, 5) is 8.05. The number of nitrogens with one attached hydrogen (secondary N) is 1. The topological polar surface area (TPSA) is 47.0 Å². The summed E-state index contributed by atoms with van der Waals surface area (Å²) in [7, 11) is 0. The molecule has 0 fully saturated rings. The van der Waals surface area contributed by atoms with Crippen molar-refractivity contribution in [2.24, 2.45) is 0 Å². The van der Waals surface area contributed by atoms with Gasteiger partial charge in [-0.2, -0.15) is 0 Å². The first-order chi connectivity index (χ1) is 6.33. The largest absolute Gasteiger partial charge is 0.380 e. The molecule has 0 amide bonds. The maximum absolute atomic E-state index is 5.26. The van der Waals surface area contributed by atoms with E-state index in [9.17, 15) is 0 Å².